The van der Waals surface area contributed by atoms with Crippen molar-refractivity contribution in [1.29, 1.82) is 0 Å². The smallest absolute Gasteiger partial charge is 0.407 e. The zero-order valence-corrected chi connectivity index (χ0v) is 24.3. The van der Waals surface area contributed by atoms with Crippen LogP contribution in [0.5, 0.6) is 5.75 Å². The lowest BCUT2D eigenvalue weighted by Crippen LogP contribution is -2.46. The molecule has 1 N–H and O–H groups in total. The van der Waals surface area contributed by atoms with Gasteiger partial charge in [-0.05, 0) is 38.5 Å². The van der Waals surface area contributed by atoms with E-state index in [1.807, 2.05) is 0 Å². The van der Waals surface area contributed by atoms with Gasteiger partial charge in [0.1, 0.15) is 11.2 Å². The summed E-state index contributed by atoms with van der Waals surface area (Å²) in [6.07, 6.45) is -1.09. The predicted molar refractivity (Wildman–Crippen MR) is 150 cm³/mol. The van der Waals surface area contributed by atoms with Gasteiger partial charge in [-0.1, -0.05) is 12.1 Å². The number of benzene rings is 2. The summed E-state index contributed by atoms with van der Waals surface area (Å²) < 4.78 is 33.7. The summed E-state index contributed by atoms with van der Waals surface area (Å²) in [6, 6.07) is 9.84. The van der Waals surface area contributed by atoms with Crippen LogP contribution in [0.4, 0.5) is 21.9 Å². The maximum atomic E-state index is 13.4. The summed E-state index contributed by atoms with van der Waals surface area (Å²) in [7, 11) is 0.0802. The quantitative estimate of drug-likeness (QED) is 0.178. The molecule has 0 saturated carbocycles. The van der Waals surface area contributed by atoms with Crippen LogP contribution >= 0.6 is 0 Å². The number of carbonyl (C=O) groups is 3. The maximum absolute atomic E-state index is 13.4. The third kappa shape index (κ3) is 6.41. The molecule has 2 aromatic carbocycles. The van der Waals surface area contributed by atoms with E-state index in [0.717, 1.165) is 21.3 Å². The highest BCUT2D eigenvalue weighted by molar-refractivity contribution is 7.89. The van der Waals surface area contributed by atoms with Crippen LogP contribution in [0.25, 0.3) is 0 Å². The van der Waals surface area contributed by atoms with E-state index in [0.29, 0.717) is 17.1 Å². The molecule has 0 bridgehead atoms. The van der Waals surface area contributed by atoms with Crippen LogP contribution in [0.3, 0.4) is 0 Å². The fourth-order valence-electron chi connectivity index (χ4n) is 4.40. The normalized spacial score (nSPS) is 15.0. The second-order valence-corrected chi connectivity index (χ2v) is 11.9. The van der Waals surface area contributed by atoms with E-state index in [1.165, 1.54) is 29.0 Å². The fraction of sp³-hybridized carbons (Fsp3) is 0.423. The van der Waals surface area contributed by atoms with Crippen molar-refractivity contribution in [2.75, 3.05) is 57.2 Å². The van der Waals surface area contributed by atoms with Crippen molar-refractivity contribution in [3.8, 4) is 5.75 Å². The van der Waals surface area contributed by atoms with E-state index in [2.05, 4.69) is 0 Å². The van der Waals surface area contributed by atoms with Gasteiger partial charge in [0.2, 0.25) is 21.8 Å². The summed E-state index contributed by atoms with van der Waals surface area (Å²) in [4.78, 5) is 50.9. The van der Waals surface area contributed by atoms with E-state index in [4.69, 9.17) is 4.74 Å². The average Bonchev–Trinajstić information content (AvgIpc) is 2.97. The van der Waals surface area contributed by atoms with Crippen LogP contribution in [0, 0.1) is 15.5 Å². The molecule has 14 nitrogen and oxygen atoms in total. The fourth-order valence-corrected chi connectivity index (χ4v) is 6.03. The van der Waals surface area contributed by atoms with Crippen molar-refractivity contribution in [2.45, 2.75) is 25.2 Å². The first-order valence-electron chi connectivity index (χ1n) is 12.6. The first-order chi connectivity index (χ1) is 19.1. The van der Waals surface area contributed by atoms with Gasteiger partial charge in [-0.3, -0.25) is 19.7 Å². The molecular weight excluding hydrogens is 558 g/mol. The Kier molecular flexibility index (Phi) is 9.23. The molecule has 0 fully saturated rings. The zero-order valence-electron chi connectivity index (χ0n) is 23.4. The Morgan fingerprint density at radius 1 is 1.02 bits per heavy atom. The standard InChI is InChI=1S/C26H33N5O9S/c1-26(2)23(32)28(4)19-12-11-18(17-21(19)29(5)24(26)33)40-16-8-13-30(15-14-27(3)25(34)35)41(38,39)22-10-7-6-9-20(22)31(36)37/h6-7,9-12,17H,8,13-16H2,1-5H3,(H,34,35). The van der Waals surface area contributed by atoms with E-state index < -0.39 is 37.0 Å². The van der Waals surface area contributed by atoms with Crippen LogP contribution in [-0.4, -0.2) is 92.9 Å². The summed E-state index contributed by atoms with van der Waals surface area (Å²) in [6.45, 7) is 2.64. The number of ether oxygens (including phenoxy) is 1. The second-order valence-electron chi connectivity index (χ2n) is 10.0. The second kappa shape index (κ2) is 12.1. The summed E-state index contributed by atoms with van der Waals surface area (Å²) in [5.41, 5.74) is -0.865. The number of sulfonamides is 1. The van der Waals surface area contributed by atoms with Gasteiger partial charge in [0, 0.05) is 52.9 Å². The first-order valence-corrected chi connectivity index (χ1v) is 14.1. The molecule has 0 saturated heterocycles. The van der Waals surface area contributed by atoms with Crippen molar-refractivity contribution in [1.82, 2.24) is 9.21 Å². The Morgan fingerprint density at radius 2 is 1.63 bits per heavy atom. The molecule has 3 rings (SSSR count). The van der Waals surface area contributed by atoms with Gasteiger partial charge in [0.25, 0.3) is 5.69 Å². The summed E-state index contributed by atoms with van der Waals surface area (Å²) in [5.74, 6) is -0.356. The number of nitro benzene ring substituents is 1. The number of carboxylic acid groups (broad SMARTS) is 1. The largest absolute Gasteiger partial charge is 0.493 e. The lowest BCUT2D eigenvalue weighted by Gasteiger charge is -2.25. The molecule has 0 aliphatic carbocycles. The number of hydrogen-bond donors (Lipinski definition) is 1. The molecule has 3 amide bonds. The highest BCUT2D eigenvalue weighted by Gasteiger charge is 2.44. The van der Waals surface area contributed by atoms with Crippen molar-refractivity contribution in [2.24, 2.45) is 5.41 Å². The molecular formula is C26H33N5O9S. The van der Waals surface area contributed by atoms with Gasteiger partial charge in [-0.15, -0.1) is 0 Å². The van der Waals surface area contributed by atoms with E-state index in [-0.39, 0.29) is 44.5 Å². The van der Waals surface area contributed by atoms with Crippen LogP contribution in [0.15, 0.2) is 47.4 Å². The molecule has 2 aromatic rings. The van der Waals surface area contributed by atoms with Crippen LogP contribution in [0.1, 0.15) is 20.3 Å². The predicted octanol–water partition coefficient (Wildman–Crippen LogP) is 2.63. The molecule has 0 unspecified atom stereocenters. The molecule has 1 aliphatic rings. The minimum Gasteiger partial charge on any atom is -0.493 e. The Labute approximate surface area is 237 Å². The average molecular weight is 592 g/mol. The van der Waals surface area contributed by atoms with Gasteiger partial charge in [-0.25, -0.2) is 13.2 Å². The lowest BCUT2D eigenvalue weighted by molar-refractivity contribution is -0.387. The number of fused-ring (bicyclic) bond motifs is 1. The van der Waals surface area contributed by atoms with Crippen molar-refractivity contribution >= 4 is 45.0 Å². The van der Waals surface area contributed by atoms with Gasteiger partial charge >= 0.3 is 6.09 Å². The maximum Gasteiger partial charge on any atom is 0.407 e. The highest BCUT2D eigenvalue weighted by Crippen LogP contribution is 2.39. The van der Waals surface area contributed by atoms with Crippen LogP contribution < -0.4 is 14.5 Å². The SMILES string of the molecule is CN(CCN(CCCOc1ccc2c(c1)N(C)C(=O)C(C)(C)C(=O)N2C)S(=O)(=O)c1ccccc1[N+](=O)[O-])C(=O)O. The molecule has 0 spiro atoms. The monoisotopic (exact) mass is 591 g/mol. The Bertz CT molecular complexity index is 1460. The first kappa shape index (κ1) is 31.3. The Balaban J connectivity index is 1.78. The molecule has 1 heterocycles. The highest BCUT2D eigenvalue weighted by atomic mass is 32.2. The minimum atomic E-state index is -4.36. The van der Waals surface area contributed by atoms with Gasteiger partial charge in [0.15, 0.2) is 4.90 Å². The molecule has 0 radical (unpaired) electrons. The third-order valence-electron chi connectivity index (χ3n) is 6.86. The number of rotatable bonds is 11. The number of nitrogens with zero attached hydrogens (tertiary/aromatic N) is 5. The van der Waals surface area contributed by atoms with Crippen LogP contribution in [-0.2, 0) is 19.6 Å². The van der Waals surface area contributed by atoms with Crippen molar-refractivity contribution < 1.29 is 37.6 Å². The Morgan fingerprint density at radius 3 is 2.24 bits per heavy atom. The number of nitro groups is 1. The number of amides is 3. The topological polar surface area (TPSA) is 171 Å². The number of anilines is 2. The molecule has 222 valence electrons. The Hall–Kier alpha value is -4.24. The van der Waals surface area contributed by atoms with Crippen molar-refractivity contribution in [3.05, 3.63) is 52.6 Å². The molecule has 1 aliphatic heterocycles. The number of carbonyl (C=O) groups excluding carboxylic acids is 2. The zero-order chi connectivity index (χ0) is 30.7. The number of para-hydroxylation sites is 1. The lowest BCUT2D eigenvalue weighted by atomic mass is 9.90. The van der Waals surface area contributed by atoms with Crippen LogP contribution in [0.2, 0.25) is 0 Å². The third-order valence-corrected chi connectivity index (χ3v) is 8.81. The summed E-state index contributed by atoms with van der Waals surface area (Å²) >= 11 is 0. The van der Waals surface area contributed by atoms with E-state index >= 15 is 0 Å². The van der Waals surface area contributed by atoms with Gasteiger partial charge in [0.05, 0.1) is 22.9 Å². The van der Waals surface area contributed by atoms with E-state index in [1.54, 1.807) is 46.1 Å². The minimum absolute atomic E-state index is 0.0361. The molecule has 0 aromatic heterocycles. The van der Waals surface area contributed by atoms with Gasteiger partial charge < -0.3 is 24.5 Å². The van der Waals surface area contributed by atoms with Gasteiger partial charge in [-0.2, -0.15) is 4.31 Å². The van der Waals surface area contributed by atoms with E-state index in [9.17, 15) is 38.0 Å². The molecule has 15 heteroatoms. The number of likely N-dealkylation sites (N-methyl/N-ethyl adjacent to an activating group) is 1. The summed E-state index contributed by atoms with van der Waals surface area (Å²) in [5, 5.41) is 20.6. The molecule has 41 heavy (non-hydrogen) atoms. The number of hydrogen-bond acceptors (Lipinski definition) is 8. The molecule has 0 atom stereocenters. The van der Waals surface area contributed by atoms with Crippen molar-refractivity contribution in [3.63, 3.8) is 0 Å².